The van der Waals surface area contributed by atoms with E-state index in [0.717, 1.165) is 39.7 Å². The number of fused-ring (bicyclic) bond motifs is 1. The standard InChI is InChI=1S/C25H30BrN5O3S/c1-3-31(35(33,34)21-10-8-19(26)9-11-21)20-12-14-30(17-20)15-13-27-25(32)29-24-16-18(2)28-23-7-5-4-6-22(23)24/h4-11,16,20H,3,12-15,17H2,1-2H3,(H2,27,28,29,32). The monoisotopic (exact) mass is 559 g/mol. The third-order valence-corrected chi connectivity index (χ3v) is 8.76. The fourth-order valence-electron chi connectivity index (χ4n) is 4.52. The van der Waals surface area contributed by atoms with Crippen LogP contribution in [-0.2, 0) is 10.0 Å². The second-order valence-electron chi connectivity index (χ2n) is 8.61. The van der Waals surface area contributed by atoms with Crippen molar-refractivity contribution in [1.82, 2.24) is 19.5 Å². The lowest BCUT2D eigenvalue weighted by Crippen LogP contribution is -2.42. The van der Waals surface area contributed by atoms with Crippen LogP contribution in [0.1, 0.15) is 19.0 Å². The molecule has 0 radical (unpaired) electrons. The minimum Gasteiger partial charge on any atom is -0.337 e. The lowest BCUT2D eigenvalue weighted by atomic mass is 10.1. The van der Waals surface area contributed by atoms with Gasteiger partial charge in [0.05, 0.1) is 16.1 Å². The van der Waals surface area contributed by atoms with Gasteiger partial charge in [0.2, 0.25) is 10.0 Å². The molecule has 0 spiro atoms. The van der Waals surface area contributed by atoms with Crippen molar-refractivity contribution >= 4 is 48.6 Å². The Balaban J connectivity index is 1.30. The molecule has 8 nitrogen and oxygen atoms in total. The van der Waals surface area contributed by atoms with Crippen LogP contribution in [0.25, 0.3) is 10.9 Å². The Hall–Kier alpha value is -2.53. The van der Waals surface area contributed by atoms with E-state index < -0.39 is 10.0 Å². The minimum absolute atomic E-state index is 0.0892. The summed E-state index contributed by atoms with van der Waals surface area (Å²) < 4.78 is 28.8. The summed E-state index contributed by atoms with van der Waals surface area (Å²) in [5, 5.41) is 6.73. The molecule has 1 unspecified atom stereocenters. The molecule has 1 atom stereocenters. The number of sulfonamides is 1. The van der Waals surface area contributed by atoms with E-state index >= 15 is 0 Å². The zero-order chi connectivity index (χ0) is 25.0. The molecule has 3 aromatic rings. The van der Waals surface area contributed by atoms with Crippen molar-refractivity contribution in [3.8, 4) is 0 Å². The van der Waals surface area contributed by atoms with Crippen LogP contribution >= 0.6 is 15.9 Å². The number of para-hydroxylation sites is 1. The summed E-state index contributed by atoms with van der Waals surface area (Å²) >= 11 is 3.35. The van der Waals surface area contributed by atoms with Gasteiger partial charge in [0.15, 0.2) is 0 Å². The van der Waals surface area contributed by atoms with Crippen LogP contribution in [0.4, 0.5) is 10.5 Å². The summed E-state index contributed by atoms with van der Waals surface area (Å²) in [5.41, 5.74) is 2.40. The number of aryl methyl sites for hydroxylation is 1. The van der Waals surface area contributed by atoms with E-state index in [1.54, 1.807) is 28.6 Å². The van der Waals surface area contributed by atoms with Crippen LogP contribution in [0.3, 0.4) is 0 Å². The van der Waals surface area contributed by atoms with Crippen LogP contribution in [0, 0.1) is 6.92 Å². The first kappa shape index (κ1) is 25.6. The van der Waals surface area contributed by atoms with E-state index in [9.17, 15) is 13.2 Å². The molecule has 0 bridgehead atoms. The molecule has 4 rings (SSSR count). The van der Waals surface area contributed by atoms with Gasteiger partial charge in [-0.3, -0.25) is 9.88 Å². The number of likely N-dealkylation sites (N-methyl/N-ethyl adjacent to an activating group) is 1. The molecule has 2 heterocycles. The lowest BCUT2D eigenvalue weighted by Gasteiger charge is -2.27. The fraction of sp³-hybridized carbons (Fsp3) is 0.360. The summed E-state index contributed by atoms with van der Waals surface area (Å²) in [6.45, 7) is 6.72. The number of rotatable bonds is 8. The summed E-state index contributed by atoms with van der Waals surface area (Å²) in [5.74, 6) is 0. The number of aromatic nitrogens is 1. The molecule has 1 aliphatic heterocycles. The highest BCUT2D eigenvalue weighted by Crippen LogP contribution is 2.25. The smallest absolute Gasteiger partial charge is 0.319 e. The van der Waals surface area contributed by atoms with Gasteiger partial charge >= 0.3 is 6.03 Å². The second kappa shape index (κ2) is 11.0. The third kappa shape index (κ3) is 6.00. The quantitative estimate of drug-likeness (QED) is 0.431. The van der Waals surface area contributed by atoms with Gasteiger partial charge in [0.25, 0.3) is 0 Å². The Kier molecular flexibility index (Phi) is 8.05. The van der Waals surface area contributed by atoms with Crippen LogP contribution in [0.2, 0.25) is 0 Å². The number of nitrogens with zero attached hydrogens (tertiary/aromatic N) is 3. The molecule has 0 aliphatic carbocycles. The van der Waals surface area contributed by atoms with E-state index in [2.05, 4.69) is 36.4 Å². The number of carbonyl (C=O) groups excluding carboxylic acids is 1. The molecular formula is C25H30BrN5O3S. The highest BCUT2D eigenvalue weighted by atomic mass is 79.9. The van der Waals surface area contributed by atoms with Crippen molar-refractivity contribution in [2.45, 2.75) is 31.2 Å². The molecule has 1 aromatic heterocycles. The summed E-state index contributed by atoms with van der Waals surface area (Å²) in [6, 6.07) is 15.9. The number of benzene rings is 2. The van der Waals surface area contributed by atoms with Crippen molar-refractivity contribution in [3.63, 3.8) is 0 Å². The molecule has 35 heavy (non-hydrogen) atoms. The molecule has 1 saturated heterocycles. The minimum atomic E-state index is -3.56. The number of anilines is 1. The average Bonchev–Trinajstić information content (AvgIpc) is 3.27. The number of halogens is 1. The van der Waals surface area contributed by atoms with Gasteiger partial charge in [-0.05, 0) is 56.3 Å². The zero-order valence-electron chi connectivity index (χ0n) is 19.9. The molecule has 2 amide bonds. The van der Waals surface area contributed by atoms with E-state index in [1.165, 1.54) is 0 Å². The van der Waals surface area contributed by atoms with Crippen molar-refractivity contribution < 1.29 is 13.2 Å². The topological polar surface area (TPSA) is 94.6 Å². The predicted octanol–water partition coefficient (Wildman–Crippen LogP) is 4.21. The number of nitrogens with one attached hydrogen (secondary N) is 2. The van der Waals surface area contributed by atoms with Gasteiger partial charge in [-0.15, -0.1) is 0 Å². The van der Waals surface area contributed by atoms with Gasteiger partial charge in [0, 0.05) is 47.8 Å². The molecule has 10 heteroatoms. The lowest BCUT2D eigenvalue weighted by molar-refractivity contribution is 0.248. The number of likely N-dealkylation sites (tertiary alicyclic amines) is 1. The fourth-order valence-corrected chi connectivity index (χ4v) is 6.44. The number of hydrogen-bond acceptors (Lipinski definition) is 5. The maximum absolute atomic E-state index is 13.2. The molecule has 1 aliphatic rings. The van der Waals surface area contributed by atoms with Crippen molar-refractivity contribution in [1.29, 1.82) is 0 Å². The van der Waals surface area contributed by atoms with Crippen molar-refractivity contribution in [2.24, 2.45) is 0 Å². The van der Waals surface area contributed by atoms with Crippen LogP contribution in [-0.4, -0.2) is 67.4 Å². The molecule has 186 valence electrons. The van der Waals surface area contributed by atoms with Crippen LogP contribution in [0.15, 0.2) is 64.0 Å². The van der Waals surface area contributed by atoms with Gasteiger partial charge in [-0.25, -0.2) is 13.2 Å². The van der Waals surface area contributed by atoms with E-state index in [-0.39, 0.29) is 12.1 Å². The summed E-state index contributed by atoms with van der Waals surface area (Å²) in [4.78, 5) is 19.5. The van der Waals surface area contributed by atoms with Crippen molar-refractivity contribution in [2.75, 3.05) is 38.0 Å². The first-order valence-electron chi connectivity index (χ1n) is 11.7. The van der Waals surface area contributed by atoms with Crippen molar-refractivity contribution in [3.05, 3.63) is 64.8 Å². The zero-order valence-corrected chi connectivity index (χ0v) is 22.3. The normalized spacial score (nSPS) is 16.6. The highest BCUT2D eigenvalue weighted by molar-refractivity contribution is 9.10. The predicted molar refractivity (Wildman–Crippen MR) is 142 cm³/mol. The maximum Gasteiger partial charge on any atom is 0.319 e. The number of pyridine rings is 1. The Morgan fingerprint density at radius 1 is 1.20 bits per heavy atom. The third-order valence-electron chi connectivity index (χ3n) is 6.19. The Morgan fingerprint density at radius 2 is 1.94 bits per heavy atom. The summed E-state index contributed by atoms with van der Waals surface area (Å²) in [6.07, 6.45) is 0.762. The van der Waals surface area contributed by atoms with Gasteiger partial charge in [-0.2, -0.15) is 4.31 Å². The Bertz CT molecular complexity index is 1300. The number of urea groups is 1. The number of hydrogen-bond donors (Lipinski definition) is 2. The van der Waals surface area contributed by atoms with Gasteiger partial charge in [-0.1, -0.05) is 41.1 Å². The average molecular weight is 561 g/mol. The first-order chi connectivity index (χ1) is 16.8. The SMILES string of the molecule is CCN(C1CCN(CCNC(=O)Nc2cc(C)nc3ccccc23)C1)S(=O)(=O)c1ccc(Br)cc1. The van der Waals surface area contributed by atoms with E-state index in [4.69, 9.17) is 0 Å². The van der Waals surface area contributed by atoms with E-state index in [1.807, 2.05) is 44.2 Å². The molecule has 1 fully saturated rings. The number of amides is 2. The number of carbonyl (C=O) groups is 1. The molecular weight excluding hydrogens is 530 g/mol. The Labute approximate surface area is 214 Å². The van der Waals surface area contributed by atoms with Crippen LogP contribution < -0.4 is 10.6 Å². The Morgan fingerprint density at radius 3 is 2.69 bits per heavy atom. The maximum atomic E-state index is 13.2. The second-order valence-corrected chi connectivity index (χ2v) is 11.4. The van der Waals surface area contributed by atoms with Gasteiger partial charge < -0.3 is 10.6 Å². The molecule has 2 aromatic carbocycles. The van der Waals surface area contributed by atoms with E-state index in [0.29, 0.717) is 31.1 Å². The summed E-state index contributed by atoms with van der Waals surface area (Å²) in [7, 11) is -3.56. The highest BCUT2D eigenvalue weighted by Gasteiger charge is 2.34. The molecule has 2 N–H and O–H groups in total. The molecule has 0 saturated carbocycles. The first-order valence-corrected chi connectivity index (χ1v) is 13.9. The van der Waals surface area contributed by atoms with Crippen LogP contribution in [0.5, 0.6) is 0 Å². The van der Waals surface area contributed by atoms with Gasteiger partial charge in [0.1, 0.15) is 0 Å². The largest absolute Gasteiger partial charge is 0.337 e.